The van der Waals surface area contributed by atoms with Gasteiger partial charge in [-0.3, -0.25) is 0 Å². The van der Waals surface area contributed by atoms with Gasteiger partial charge in [0, 0.05) is 20.6 Å². The number of rotatable bonds is 9. The number of nitrogens with zero attached hydrogens (tertiary/aromatic N) is 2. The maximum Gasteiger partial charge on any atom is 0.357 e. The second kappa shape index (κ2) is 12.1. The molecule has 38 heavy (non-hydrogen) atoms. The summed E-state index contributed by atoms with van der Waals surface area (Å²) < 4.78 is 23.9. The normalized spacial score (nSPS) is 10.7. The predicted molar refractivity (Wildman–Crippen MR) is 146 cm³/mol. The number of para-hydroxylation sites is 1. The zero-order valence-electron chi connectivity index (χ0n) is 20.9. The molecule has 196 valence electrons. The molecule has 0 saturated carbocycles. The number of carbonyl (C=O) groups excluding carboxylic acids is 2. The summed E-state index contributed by atoms with van der Waals surface area (Å²) in [5.74, 6) is -0.611. The van der Waals surface area contributed by atoms with Gasteiger partial charge in [-0.15, -0.1) is 0 Å². The fourth-order valence-corrected chi connectivity index (χ4v) is 4.51. The SMILES string of the molecule is CCOc1cc(-c2nn(-c3ccccc3)c(C(=O)OC)c2C(=O)OC)c(Br)cc1OCc1ccccc1Cl. The maximum atomic E-state index is 13.0. The van der Waals surface area contributed by atoms with Crippen molar-refractivity contribution in [2.45, 2.75) is 13.5 Å². The van der Waals surface area contributed by atoms with E-state index in [1.807, 2.05) is 31.2 Å². The number of hydrogen-bond acceptors (Lipinski definition) is 7. The van der Waals surface area contributed by atoms with Gasteiger partial charge >= 0.3 is 11.9 Å². The van der Waals surface area contributed by atoms with Gasteiger partial charge in [-0.25, -0.2) is 14.3 Å². The van der Waals surface area contributed by atoms with Crippen LogP contribution < -0.4 is 9.47 Å². The fraction of sp³-hybridized carbons (Fsp3) is 0.179. The molecule has 0 amide bonds. The van der Waals surface area contributed by atoms with Gasteiger partial charge in [0.25, 0.3) is 0 Å². The number of benzene rings is 3. The quantitative estimate of drug-likeness (QED) is 0.203. The Bertz CT molecular complexity index is 1470. The molecule has 0 aliphatic rings. The molecule has 0 aliphatic heterocycles. The molecule has 0 N–H and O–H groups in total. The van der Waals surface area contributed by atoms with E-state index in [0.717, 1.165) is 5.56 Å². The predicted octanol–water partition coefficient (Wildman–Crippen LogP) is 6.51. The van der Waals surface area contributed by atoms with Gasteiger partial charge < -0.3 is 18.9 Å². The Morgan fingerprint density at radius 3 is 2.24 bits per heavy atom. The minimum absolute atomic E-state index is 0.0453. The second-order valence-electron chi connectivity index (χ2n) is 7.89. The zero-order chi connectivity index (χ0) is 27.2. The van der Waals surface area contributed by atoms with E-state index in [2.05, 4.69) is 21.0 Å². The summed E-state index contributed by atoms with van der Waals surface area (Å²) in [7, 11) is 2.47. The molecule has 0 fully saturated rings. The van der Waals surface area contributed by atoms with E-state index < -0.39 is 11.9 Å². The summed E-state index contributed by atoms with van der Waals surface area (Å²) in [6.07, 6.45) is 0. The number of aromatic nitrogens is 2. The lowest BCUT2D eigenvalue weighted by molar-refractivity contribution is 0.0549. The first kappa shape index (κ1) is 27.2. The second-order valence-corrected chi connectivity index (χ2v) is 9.16. The minimum atomic E-state index is -0.744. The van der Waals surface area contributed by atoms with Crippen molar-refractivity contribution in [3.05, 3.63) is 93.0 Å². The van der Waals surface area contributed by atoms with Crippen molar-refractivity contribution in [1.82, 2.24) is 9.78 Å². The lowest BCUT2D eigenvalue weighted by Gasteiger charge is -2.15. The molecule has 0 bridgehead atoms. The monoisotopic (exact) mass is 598 g/mol. The Morgan fingerprint density at radius 1 is 0.921 bits per heavy atom. The van der Waals surface area contributed by atoms with Gasteiger partial charge in [-0.05, 0) is 53.2 Å². The largest absolute Gasteiger partial charge is 0.490 e. The maximum absolute atomic E-state index is 13.0. The number of hydrogen-bond donors (Lipinski definition) is 0. The van der Waals surface area contributed by atoms with Crippen molar-refractivity contribution in [2.75, 3.05) is 20.8 Å². The highest BCUT2D eigenvalue weighted by Gasteiger charge is 2.32. The Balaban J connectivity index is 1.88. The Hall–Kier alpha value is -3.82. The van der Waals surface area contributed by atoms with Crippen LogP contribution in [0.2, 0.25) is 5.02 Å². The molecule has 0 saturated heterocycles. The fourth-order valence-electron chi connectivity index (χ4n) is 3.81. The lowest BCUT2D eigenvalue weighted by atomic mass is 10.0. The van der Waals surface area contributed by atoms with E-state index in [9.17, 15) is 9.59 Å². The van der Waals surface area contributed by atoms with E-state index >= 15 is 0 Å². The highest BCUT2D eigenvalue weighted by Crippen LogP contribution is 2.41. The molecule has 0 unspecified atom stereocenters. The smallest absolute Gasteiger partial charge is 0.357 e. The molecule has 8 nitrogen and oxygen atoms in total. The van der Waals surface area contributed by atoms with Crippen LogP contribution >= 0.6 is 27.5 Å². The number of halogens is 2. The molecule has 1 aromatic heterocycles. The van der Waals surface area contributed by atoms with Crippen LogP contribution in [0.5, 0.6) is 11.5 Å². The van der Waals surface area contributed by atoms with Crippen LogP contribution in [0.15, 0.2) is 71.2 Å². The van der Waals surface area contributed by atoms with Crippen LogP contribution in [0.25, 0.3) is 16.9 Å². The van der Waals surface area contributed by atoms with E-state index in [1.54, 1.807) is 42.5 Å². The Kier molecular flexibility index (Phi) is 8.70. The molecule has 0 spiro atoms. The minimum Gasteiger partial charge on any atom is -0.490 e. The van der Waals surface area contributed by atoms with E-state index in [1.165, 1.54) is 18.9 Å². The van der Waals surface area contributed by atoms with E-state index in [-0.39, 0.29) is 23.6 Å². The van der Waals surface area contributed by atoms with Crippen LogP contribution in [0, 0.1) is 0 Å². The average molecular weight is 600 g/mol. The summed E-state index contributed by atoms with van der Waals surface area (Å²) in [5, 5.41) is 5.25. The van der Waals surface area contributed by atoms with Crippen molar-refractivity contribution in [2.24, 2.45) is 0 Å². The van der Waals surface area contributed by atoms with Crippen LogP contribution in [0.4, 0.5) is 0 Å². The highest BCUT2D eigenvalue weighted by molar-refractivity contribution is 9.10. The number of carbonyl (C=O) groups is 2. The van der Waals surface area contributed by atoms with Crippen molar-refractivity contribution >= 4 is 39.5 Å². The average Bonchev–Trinajstić information content (AvgIpc) is 3.34. The van der Waals surface area contributed by atoms with Crippen molar-refractivity contribution < 1.29 is 28.5 Å². The third-order valence-corrected chi connectivity index (χ3v) is 6.61. The summed E-state index contributed by atoms with van der Waals surface area (Å²) in [6.45, 7) is 2.42. The molecule has 1 heterocycles. The summed E-state index contributed by atoms with van der Waals surface area (Å²) >= 11 is 9.86. The van der Waals surface area contributed by atoms with Crippen LogP contribution in [-0.2, 0) is 16.1 Å². The molecule has 0 atom stereocenters. The van der Waals surface area contributed by atoms with E-state index in [0.29, 0.717) is 38.9 Å². The Labute approximate surface area is 233 Å². The number of ether oxygens (including phenoxy) is 4. The number of methoxy groups -OCH3 is 2. The lowest BCUT2D eigenvalue weighted by Crippen LogP contribution is -2.15. The molecular formula is C28H24BrClN2O6. The molecule has 0 aliphatic carbocycles. The van der Waals surface area contributed by atoms with Gasteiger partial charge in [-0.2, -0.15) is 5.10 Å². The summed E-state index contributed by atoms with van der Waals surface area (Å²) in [5.41, 5.74) is 1.95. The van der Waals surface area contributed by atoms with Gasteiger partial charge in [-0.1, -0.05) is 48.0 Å². The van der Waals surface area contributed by atoms with Crippen LogP contribution in [-0.4, -0.2) is 42.5 Å². The summed E-state index contributed by atoms with van der Waals surface area (Å²) in [4.78, 5) is 25.9. The van der Waals surface area contributed by atoms with Gasteiger partial charge in [0.2, 0.25) is 0 Å². The molecule has 10 heteroatoms. The molecular weight excluding hydrogens is 576 g/mol. The van der Waals surface area contributed by atoms with Gasteiger partial charge in [0.1, 0.15) is 17.9 Å². The van der Waals surface area contributed by atoms with Crippen LogP contribution in [0.3, 0.4) is 0 Å². The van der Waals surface area contributed by atoms with E-state index in [4.69, 9.17) is 30.5 Å². The third kappa shape index (κ3) is 5.54. The molecule has 4 rings (SSSR count). The standard InChI is InChI=1S/C28H24BrClN2O6/c1-4-37-22-14-19(20(29)15-23(22)38-16-17-10-8-9-13-21(17)30)25-24(27(33)35-2)26(28(34)36-3)32(31-25)18-11-6-5-7-12-18/h5-15H,4,16H2,1-3H3. The zero-order valence-corrected chi connectivity index (χ0v) is 23.2. The first-order valence-corrected chi connectivity index (χ1v) is 12.7. The summed E-state index contributed by atoms with van der Waals surface area (Å²) in [6, 6.07) is 19.7. The number of esters is 2. The third-order valence-electron chi connectivity index (χ3n) is 5.58. The van der Waals surface area contributed by atoms with Crippen LogP contribution in [0.1, 0.15) is 33.3 Å². The van der Waals surface area contributed by atoms with Gasteiger partial charge in [0.15, 0.2) is 17.2 Å². The molecule has 0 radical (unpaired) electrons. The first-order chi connectivity index (χ1) is 18.4. The molecule has 4 aromatic rings. The van der Waals surface area contributed by atoms with Crippen molar-refractivity contribution in [1.29, 1.82) is 0 Å². The van der Waals surface area contributed by atoms with Crippen molar-refractivity contribution in [3.8, 4) is 28.4 Å². The molecule has 3 aromatic carbocycles. The van der Waals surface area contributed by atoms with Crippen molar-refractivity contribution in [3.63, 3.8) is 0 Å². The van der Waals surface area contributed by atoms with Gasteiger partial charge in [0.05, 0.1) is 26.5 Å². The first-order valence-electron chi connectivity index (χ1n) is 11.6. The highest BCUT2D eigenvalue weighted by atomic mass is 79.9. The Morgan fingerprint density at radius 2 is 1.58 bits per heavy atom. The topological polar surface area (TPSA) is 88.9 Å².